The van der Waals surface area contributed by atoms with Crippen molar-refractivity contribution < 1.29 is 0 Å². The standard InChI is InChI=1S/C26H22N2/c1-18-9-7-10-19(2)26(18)27-20-11-8-12-21(17-20)28-24-15-5-3-13-22(24)23-14-4-6-16-25(23)28/h3-17,27H,1-2H3. The minimum atomic E-state index is 1.09. The number of hydrogen-bond donors (Lipinski definition) is 1. The van der Waals surface area contributed by atoms with Crippen LogP contribution in [0.2, 0.25) is 0 Å². The van der Waals surface area contributed by atoms with Crippen molar-refractivity contribution in [2.24, 2.45) is 0 Å². The van der Waals surface area contributed by atoms with Crippen LogP contribution in [0.25, 0.3) is 27.5 Å². The van der Waals surface area contributed by atoms with Gasteiger partial charge in [-0.15, -0.1) is 0 Å². The Morgan fingerprint density at radius 3 is 1.82 bits per heavy atom. The van der Waals surface area contributed by atoms with Crippen molar-refractivity contribution in [3.8, 4) is 5.69 Å². The van der Waals surface area contributed by atoms with Crippen LogP contribution in [0.1, 0.15) is 11.1 Å². The van der Waals surface area contributed by atoms with Gasteiger partial charge in [-0.3, -0.25) is 0 Å². The zero-order chi connectivity index (χ0) is 19.1. The molecule has 0 fully saturated rings. The SMILES string of the molecule is Cc1cccc(C)c1Nc1cccc(-n2c3ccccc3c3ccccc32)c1. The molecular formula is C26H22N2. The molecule has 2 heteroatoms. The first-order chi connectivity index (χ1) is 13.7. The van der Waals surface area contributed by atoms with Crippen LogP contribution in [0.4, 0.5) is 11.4 Å². The Hall–Kier alpha value is -3.52. The molecule has 28 heavy (non-hydrogen) atoms. The van der Waals surface area contributed by atoms with Crippen LogP contribution in [0, 0.1) is 13.8 Å². The summed E-state index contributed by atoms with van der Waals surface area (Å²) in [7, 11) is 0. The Labute approximate surface area is 165 Å². The average molecular weight is 362 g/mol. The number of fused-ring (bicyclic) bond motifs is 3. The summed E-state index contributed by atoms with van der Waals surface area (Å²) < 4.78 is 2.35. The first-order valence-corrected chi connectivity index (χ1v) is 9.64. The van der Waals surface area contributed by atoms with Crippen LogP contribution < -0.4 is 5.32 Å². The van der Waals surface area contributed by atoms with Gasteiger partial charge in [-0.2, -0.15) is 0 Å². The number of nitrogens with one attached hydrogen (secondary N) is 1. The van der Waals surface area contributed by atoms with Gasteiger partial charge in [0.2, 0.25) is 0 Å². The second-order valence-corrected chi connectivity index (χ2v) is 7.31. The first kappa shape index (κ1) is 16.6. The van der Waals surface area contributed by atoms with Gasteiger partial charge >= 0.3 is 0 Å². The van der Waals surface area contributed by atoms with E-state index in [9.17, 15) is 0 Å². The van der Waals surface area contributed by atoms with Gasteiger partial charge in [-0.05, 0) is 55.3 Å². The fourth-order valence-corrected chi connectivity index (χ4v) is 4.08. The number of para-hydroxylation sites is 3. The Morgan fingerprint density at radius 1 is 0.607 bits per heavy atom. The molecule has 0 radical (unpaired) electrons. The van der Waals surface area contributed by atoms with E-state index in [2.05, 4.69) is 115 Å². The normalized spacial score (nSPS) is 11.2. The number of rotatable bonds is 3. The number of aromatic nitrogens is 1. The van der Waals surface area contributed by atoms with Gasteiger partial charge in [-0.1, -0.05) is 60.7 Å². The van der Waals surface area contributed by atoms with Crippen molar-refractivity contribution in [3.63, 3.8) is 0 Å². The van der Waals surface area contributed by atoms with E-state index in [4.69, 9.17) is 0 Å². The molecule has 0 aliphatic carbocycles. The third kappa shape index (κ3) is 2.66. The van der Waals surface area contributed by atoms with E-state index < -0.39 is 0 Å². The highest BCUT2D eigenvalue weighted by Crippen LogP contribution is 2.33. The highest BCUT2D eigenvalue weighted by Gasteiger charge is 2.12. The topological polar surface area (TPSA) is 17.0 Å². The van der Waals surface area contributed by atoms with Crippen LogP contribution >= 0.6 is 0 Å². The summed E-state index contributed by atoms with van der Waals surface area (Å²) >= 11 is 0. The number of benzene rings is 4. The summed E-state index contributed by atoms with van der Waals surface area (Å²) in [5.41, 5.74) is 8.40. The fraction of sp³-hybridized carbons (Fsp3) is 0.0769. The van der Waals surface area contributed by atoms with Gasteiger partial charge in [0.25, 0.3) is 0 Å². The first-order valence-electron chi connectivity index (χ1n) is 9.64. The molecule has 0 amide bonds. The Morgan fingerprint density at radius 2 is 1.18 bits per heavy atom. The number of anilines is 2. The molecule has 0 saturated carbocycles. The van der Waals surface area contributed by atoms with Crippen LogP contribution in [0.5, 0.6) is 0 Å². The molecule has 136 valence electrons. The van der Waals surface area contributed by atoms with Crippen molar-refractivity contribution in [2.45, 2.75) is 13.8 Å². The third-order valence-corrected chi connectivity index (χ3v) is 5.43. The monoisotopic (exact) mass is 362 g/mol. The van der Waals surface area contributed by atoms with E-state index >= 15 is 0 Å². The van der Waals surface area contributed by atoms with Crippen LogP contribution in [-0.4, -0.2) is 4.57 Å². The molecule has 0 bridgehead atoms. The molecule has 0 unspecified atom stereocenters. The Kier molecular flexibility index (Phi) is 3.91. The van der Waals surface area contributed by atoms with Gasteiger partial charge in [0.05, 0.1) is 11.0 Å². The van der Waals surface area contributed by atoms with Crippen molar-refractivity contribution in [2.75, 3.05) is 5.32 Å². The highest BCUT2D eigenvalue weighted by atomic mass is 15.0. The Bertz CT molecular complexity index is 1240. The van der Waals surface area contributed by atoms with Gasteiger partial charge in [0, 0.05) is 27.8 Å². The van der Waals surface area contributed by atoms with Gasteiger partial charge in [-0.25, -0.2) is 0 Å². The molecule has 2 nitrogen and oxygen atoms in total. The van der Waals surface area contributed by atoms with E-state index in [-0.39, 0.29) is 0 Å². The number of nitrogens with zero attached hydrogens (tertiary/aromatic N) is 1. The summed E-state index contributed by atoms with van der Waals surface area (Å²) in [6.45, 7) is 4.29. The zero-order valence-corrected chi connectivity index (χ0v) is 16.1. The zero-order valence-electron chi connectivity index (χ0n) is 16.1. The van der Waals surface area contributed by atoms with E-state index in [1.165, 1.54) is 38.6 Å². The van der Waals surface area contributed by atoms with Crippen molar-refractivity contribution in [3.05, 3.63) is 102 Å². The summed E-state index contributed by atoms with van der Waals surface area (Å²) in [6, 6.07) is 32.3. The summed E-state index contributed by atoms with van der Waals surface area (Å²) in [6.07, 6.45) is 0. The summed E-state index contributed by atoms with van der Waals surface area (Å²) in [4.78, 5) is 0. The quantitative estimate of drug-likeness (QED) is 0.361. The highest BCUT2D eigenvalue weighted by molar-refractivity contribution is 6.09. The predicted molar refractivity (Wildman–Crippen MR) is 120 cm³/mol. The molecule has 0 atom stereocenters. The lowest BCUT2D eigenvalue weighted by atomic mass is 10.1. The molecule has 5 aromatic rings. The van der Waals surface area contributed by atoms with Crippen molar-refractivity contribution in [1.29, 1.82) is 0 Å². The van der Waals surface area contributed by atoms with E-state index in [0.29, 0.717) is 0 Å². The molecule has 1 aromatic heterocycles. The lowest BCUT2D eigenvalue weighted by molar-refractivity contribution is 1.18. The maximum atomic E-state index is 3.63. The maximum Gasteiger partial charge on any atom is 0.0541 e. The minimum Gasteiger partial charge on any atom is -0.355 e. The lowest BCUT2D eigenvalue weighted by Crippen LogP contribution is -1.98. The van der Waals surface area contributed by atoms with E-state index in [1.807, 2.05) is 0 Å². The van der Waals surface area contributed by atoms with Gasteiger partial charge in [0.15, 0.2) is 0 Å². The van der Waals surface area contributed by atoms with E-state index in [1.54, 1.807) is 0 Å². The van der Waals surface area contributed by atoms with Crippen molar-refractivity contribution in [1.82, 2.24) is 4.57 Å². The number of hydrogen-bond acceptors (Lipinski definition) is 1. The lowest BCUT2D eigenvalue weighted by Gasteiger charge is -2.14. The fourth-order valence-electron chi connectivity index (χ4n) is 4.08. The smallest absolute Gasteiger partial charge is 0.0541 e. The van der Waals surface area contributed by atoms with Crippen molar-refractivity contribution >= 4 is 33.2 Å². The molecule has 0 saturated heterocycles. The Balaban J connectivity index is 1.68. The second kappa shape index (κ2) is 6.58. The molecular weight excluding hydrogens is 340 g/mol. The van der Waals surface area contributed by atoms with Crippen LogP contribution in [0.15, 0.2) is 91.0 Å². The molecule has 5 rings (SSSR count). The molecule has 4 aromatic carbocycles. The molecule has 0 aliphatic heterocycles. The summed E-state index contributed by atoms with van der Waals surface area (Å²) in [5, 5.41) is 6.19. The predicted octanol–water partition coefficient (Wildman–Crippen LogP) is 7.14. The van der Waals surface area contributed by atoms with Crippen LogP contribution in [-0.2, 0) is 0 Å². The molecule has 1 heterocycles. The summed E-state index contributed by atoms with van der Waals surface area (Å²) in [5.74, 6) is 0. The largest absolute Gasteiger partial charge is 0.355 e. The number of aryl methyl sites for hydroxylation is 2. The van der Waals surface area contributed by atoms with Gasteiger partial charge in [0.1, 0.15) is 0 Å². The molecule has 0 spiro atoms. The minimum absolute atomic E-state index is 1.09. The van der Waals surface area contributed by atoms with Gasteiger partial charge < -0.3 is 9.88 Å². The third-order valence-electron chi connectivity index (χ3n) is 5.43. The van der Waals surface area contributed by atoms with E-state index in [0.717, 1.165) is 11.4 Å². The average Bonchev–Trinajstić information content (AvgIpc) is 3.06. The molecule has 0 aliphatic rings. The second-order valence-electron chi connectivity index (χ2n) is 7.31. The maximum absolute atomic E-state index is 3.63. The van der Waals surface area contributed by atoms with Crippen LogP contribution in [0.3, 0.4) is 0 Å². The molecule has 1 N–H and O–H groups in total.